The number of aliphatic carboxylic acids is 1. The number of hydrogen-bond donors (Lipinski definition) is 3. The summed E-state index contributed by atoms with van der Waals surface area (Å²) in [5, 5.41) is 20.2. The van der Waals surface area contributed by atoms with Crippen LogP contribution in [0.2, 0.25) is 0 Å². The second kappa shape index (κ2) is 8.94. The minimum atomic E-state index is -0.735. The molecule has 4 aromatic rings. The van der Waals surface area contributed by atoms with Crippen molar-refractivity contribution >= 4 is 11.8 Å². The summed E-state index contributed by atoms with van der Waals surface area (Å²) in [4.78, 5) is 25.2. The minimum absolute atomic E-state index is 0.307. The number of nitrogens with zero attached hydrogens (tertiary/aromatic N) is 4. The number of anilines is 1. The van der Waals surface area contributed by atoms with Gasteiger partial charge in [-0.1, -0.05) is 38.1 Å². The van der Waals surface area contributed by atoms with Gasteiger partial charge in [-0.05, 0) is 48.4 Å². The number of rotatable bonds is 8. The molecule has 1 saturated carbocycles. The van der Waals surface area contributed by atoms with E-state index in [1.165, 1.54) is 0 Å². The molecule has 0 amide bonds. The Morgan fingerprint density at radius 3 is 2.60 bits per heavy atom. The van der Waals surface area contributed by atoms with Crippen molar-refractivity contribution in [3.05, 3.63) is 77.6 Å². The fourth-order valence-electron chi connectivity index (χ4n) is 4.34. The Morgan fingerprint density at radius 2 is 1.94 bits per heavy atom. The number of pyridine rings is 1. The van der Waals surface area contributed by atoms with Gasteiger partial charge in [0.1, 0.15) is 5.82 Å². The second-order valence-corrected chi connectivity index (χ2v) is 9.45. The number of aryl methyl sites for hydroxylation is 1. The summed E-state index contributed by atoms with van der Waals surface area (Å²) < 4.78 is 0. The molecule has 8 nitrogen and oxygen atoms in total. The Balaban J connectivity index is 1.33. The largest absolute Gasteiger partial charge is 0.481 e. The van der Waals surface area contributed by atoms with Crippen molar-refractivity contribution in [1.82, 2.24) is 25.1 Å². The monoisotopic (exact) mass is 468 g/mol. The Kier molecular flexibility index (Phi) is 5.80. The highest BCUT2D eigenvalue weighted by atomic mass is 16.4. The van der Waals surface area contributed by atoms with Crippen molar-refractivity contribution in [2.45, 2.75) is 51.5 Å². The Morgan fingerprint density at radius 1 is 1.11 bits per heavy atom. The predicted octanol–water partition coefficient (Wildman–Crippen LogP) is 5.09. The molecule has 0 atom stereocenters. The van der Waals surface area contributed by atoms with Gasteiger partial charge < -0.3 is 10.4 Å². The molecule has 35 heavy (non-hydrogen) atoms. The van der Waals surface area contributed by atoms with E-state index in [9.17, 15) is 9.90 Å². The summed E-state index contributed by atoms with van der Waals surface area (Å²) in [5.74, 6) is 0.289. The third kappa shape index (κ3) is 4.39. The summed E-state index contributed by atoms with van der Waals surface area (Å²) in [6.45, 7) is 6.71. The lowest BCUT2D eigenvalue weighted by Crippen LogP contribution is -2.19. The zero-order chi connectivity index (χ0) is 24.6. The van der Waals surface area contributed by atoms with Crippen molar-refractivity contribution in [3.63, 3.8) is 0 Å². The van der Waals surface area contributed by atoms with Crippen LogP contribution < -0.4 is 5.32 Å². The number of aromatic amines is 1. The molecule has 0 radical (unpaired) electrons. The fraction of sp³-hybridized carbons (Fsp3) is 0.296. The van der Waals surface area contributed by atoms with E-state index in [1.807, 2.05) is 43.5 Å². The van der Waals surface area contributed by atoms with Gasteiger partial charge in [-0.2, -0.15) is 5.10 Å². The number of nitrogens with one attached hydrogen (secondary N) is 2. The maximum atomic E-state index is 11.7. The molecular weight excluding hydrogens is 440 g/mol. The maximum absolute atomic E-state index is 11.7. The normalized spacial score (nSPS) is 14.2. The van der Waals surface area contributed by atoms with E-state index in [2.05, 4.69) is 39.3 Å². The molecule has 3 aromatic heterocycles. The van der Waals surface area contributed by atoms with Gasteiger partial charge >= 0.3 is 5.97 Å². The fourth-order valence-corrected chi connectivity index (χ4v) is 4.34. The molecule has 5 rings (SSSR count). The number of H-pyrrole nitrogens is 1. The zero-order valence-corrected chi connectivity index (χ0v) is 20.0. The van der Waals surface area contributed by atoms with Gasteiger partial charge in [0, 0.05) is 23.5 Å². The third-order valence-electron chi connectivity index (χ3n) is 6.70. The van der Waals surface area contributed by atoms with Crippen LogP contribution in [-0.4, -0.2) is 36.2 Å². The first-order valence-electron chi connectivity index (χ1n) is 11.8. The first-order chi connectivity index (χ1) is 16.9. The van der Waals surface area contributed by atoms with Crippen molar-refractivity contribution < 1.29 is 9.90 Å². The van der Waals surface area contributed by atoms with E-state index < -0.39 is 11.4 Å². The van der Waals surface area contributed by atoms with E-state index in [0.717, 1.165) is 50.7 Å². The summed E-state index contributed by atoms with van der Waals surface area (Å²) >= 11 is 0. The molecule has 1 aliphatic rings. The summed E-state index contributed by atoms with van der Waals surface area (Å²) in [5.41, 5.74) is 6.85. The van der Waals surface area contributed by atoms with Crippen LogP contribution in [0.15, 0.2) is 55.1 Å². The Hall–Kier alpha value is -4.07. The standard InChI is InChI=1S/C27H28N6O2/c1-16(2)23-13-28-15-25(32-23)30-14-24-21(12-31-33-24)22-7-4-18(11-29-22)20-6-5-19(10-17(20)3)27(8-9-27)26(34)35/h4-7,10-13,15-16H,8-9,14H2,1-3H3,(H,30,32)(H,31,33)(H,34,35). The molecule has 1 aromatic carbocycles. The van der Waals surface area contributed by atoms with Gasteiger partial charge in [-0.3, -0.25) is 19.9 Å². The molecule has 1 aliphatic carbocycles. The third-order valence-corrected chi connectivity index (χ3v) is 6.70. The van der Waals surface area contributed by atoms with Gasteiger partial charge in [0.05, 0.1) is 41.4 Å². The molecule has 0 spiro atoms. The van der Waals surface area contributed by atoms with E-state index in [0.29, 0.717) is 25.3 Å². The first kappa shape index (κ1) is 22.7. The second-order valence-electron chi connectivity index (χ2n) is 9.45. The van der Waals surface area contributed by atoms with Crippen LogP contribution >= 0.6 is 0 Å². The topological polar surface area (TPSA) is 117 Å². The smallest absolute Gasteiger partial charge is 0.314 e. The van der Waals surface area contributed by atoms with E-state index >= 15 is 0 Å². The van der Waals surface area contributed by atoms with E-state index in [-0.39, 0.29) is 0 Å². The van der Waals surface area contributed by atoms with Crippen LogP contribution in [0.3, 0.4) is 0 Å². The molecule has 3 N–H and O–H groups in total. The van der Waals surface area contributed by atoms with Gasteiger partial charge in [0.2, 0.25) is 0 Å². The van der Waals surface area contributed by atoms with Gasteiger partial charge in [0.25, 0.3) is 0 Å². The van der Waals surface area contributed by atoms with Crippen LogP contribution in [0.1, 0.15) is 55.1 Å². The molecular formula is C27H28N6O2. The average molecular weight is 469 g/mol. The number of carboxylic acid groups (broad SMARTS) is 1. The molecule has 0 saturated heterocycles. The molecule has 0 bridgehead atoms. The van der Waals surface area contributed by atoms with Crippen LogP contribution in [-0.2, 0) is 16.8 Å². The maximum Gasteiger partial charge on any atom is 0.314 e. The van der Waals surface area contributed by atoms with Crippen molar-refractivity contribution in [2.75, 3.05) is 5.32 Å². The van der Waals surface area contributed by atoms with Crippen LogP contribution in [0.25, 0.3) is 22.4 Å². The molecule has 1 fully saturated rings. The number of hydrogen-bond acceptors (Lipinski definition) is 6. The summed E-state index contributed by atoms with van der Waals surface area (Å²) in [7, 11) is 0. The number of carbonyl (C=O) groups is 1. The minimum Gasteiger partial charge on any atom is -0.481 e. The van der Waals surface area contributed by atoms with Crippen LogP contribution in [0.4, 0.5) is 5.82 Å². The van der Waals surface area contributed by atoms with Gasteiger partial charge in [-0.25, -0.2) is 4.98 Å². The lowest BCUT2D eigenvalue weighted by atomic mass is 9.91. The molecule has 0 aliphatic heterocycles. The summed E-state index contributed by atoms with van der Waals surface area (Å²) in [6, 6.07) is 9.96. The van der Waals surface area contributed by atoms with E-state index in [4.69, 9.17) is 4.98 Å². The SMILES string of the molecule is Cc1cc(C2(C(=O)O)CC2)ccc1-c1ccc(-c2cn[nH]c2CNc2cncc(C(C)C)n2)nc1. The predicted molar refractivity (Wildman–Crippen MR) is 134 cm³/mol. The van der Waals surface area contributed by atoms with Crippen molar-refractivity contribution in [2.24, 2.45) is 0 Å². The quantitative estimate of drug-likeness (QED) is 0.330. The molecule has 0 unspecified atom stereocenters. The highest BCUT2D eigenvalue weighted by Gasteiger charge is 2.51. The van der Waals surface area contributed by atoms with Crippen LogP contribution in [0.5, 0.6) is 0 Å². The Labute approximate surface area is 203 Å². The van der Waals surface area contributed by atoms with Crippen molar-refractivity contribution in [1.29, 1.82) is 0 Å². The molecule has 3 heterocycles. The number of benzene rings is 1. The number of aromatic nitrogens is 5. The van der Waals surface area contributed by atoms with Crippen molar-refractivity contribution in [3.8, 4) is 22.4 Å². The molecule has 178 valence electrons. The lowest BCUT2D eigenvalue weighted by Gasteiger charge is -2.14. The lowest BCUT2D eigenvalue weighted by molar-refractivity contribution is -0.140. The molecule has 8 heteroatoms. The van der Waals surface area contributed by atoms with Crippen LogP contribution in [0, 0.1) is 6.92 Å². The summed E-state index contributed by atoms with van der Waals surface area (Å²) in [6.07, 6.45) is 8.53. The Bertz CT molecular complexity index is 1370. The highest BCUT2D eigenvalue weighted by Crippen LogP contribution is 2.49. The van der Waals surface area contributed by atoms with Gasteiger partial charge in [0.15, 0.2) is 0 Å². The average Bonchev–Trinajstić information content (AvgIpc) is 3.55. The van der Waals surface area contributed by atoms with Gasteiger partial charge in [-0.15, -0.1) is 0 Å². The van der Waals surface area contributed by atoms with E-state index in [1.54, 1.807) is 18.6 Å². The first-order valence-corrected chi connectivity index (χ1v) is 11.8. The number of carboxylic acids is 1. The highest BCUT2D eigenvalue weighted by molar-refractivity contribution is 5.85. The zero-order valence-electron chi connectivity index (χ0n) is 20.0.